The predicted molar refractivity (Wildman–Crippen MR) is 144 cm³/mol. The minimum Gasteiger partial charge on any atom is -0.508 e. The Kier molecular flexibility index (Phi) is 10.7. The van der Waals surface area contributed by atoms with E-state index < -0.39 is 41.8 Å². The van der Waals surface area contributed by atoms with Gasteiger partial charge in [0.25, 0.3) is 0 Å². The molecule has 0 fully saturated rings. The number of aromatic hydroxyl groups is 1. The van der Waals surface area contributed by atoms with E-state index in [0.29, 0.717) is 16.9 Å². The van der Waals surface area contributed by atoms with Gasteiger partial charge in [0.05, 0.1) is 12.2 Å². The quantitative estimate of drug-likeness (QED) is 0.240. The van der Waals surface area contributed by atoms with Crippen LogP contribution in [0.25, 0.3) is 6.08 Å². The summed E-state index contributed by atoms with van der Waals surface area (Å²) < 4.78 is 5.31. The Morgan fingerprint density at radius 3 is 2.21 bits per heavy atom. The van der Waals surface area contributed by atoms with Crippen molar-refractivity contribution in [1.82, 2.24) is 10.2 Å². The first-order valence-electron chi connectivity index (χ1n) is 12.4. The first-order valence-corrected chi connectivity index (χ1v) is 12.4. The van der Waals surface area contributed by atoms with Crippen molar-refractivity contribution in [3.05, 3.63) is 71.8 Å². The highest BCUT2D eigenvalue weighted by Crippen LogP contribution is 2.25. The van der Waals surface area contributed by atoms with Gasteiger partial charge in [-0.1, -0.05) is 54.6 Å². The van der Waals surface area contributed by atoms with Gasteiger partial charge in [-0.15, -0.1) is 0 Å². The molecule has 2 aromatic carbocycles. The summed E-state index contributed by atoms with van der Waals surface area (Å²) in [4.78, 5) is 26.0. The Morgan fingerprint density at radius 1 is 1.08 bits per heavy atom. The largest absolute Gasteiger partial charge is 0.508 e. The molecule has 0 saturated carbocycles. The number of aliphatic hydroxyl groups is 2. The highest BCUT2D eigenvalue weighted by Gasteiger charge is 2.47. The van der Waals surface area contributed by atoms with Crippen molar-refractivity contribution in [2.75, 3.05) is 0 Å². The lowest BCUT2D eigenvalue weighted by Gasteiger charge is -2.46. The Balaban J connectivity index is 2.36. The van der Waals surface area contributed by atoms with Crippen molar-refractivity contribution >= 4 is 18.3 Å². The van der Waals surface area contributed by atoms with Crippen molar-refractivity contribution in [2.45, 2.75) is 76.6 Å². The van der Waals surface area contributed by atoms with Crippen LogP contribution in [0.15, 0.2) is 60.7 Å². The maximum atomic E-state index is 12.7. The lowest BCUT2D eigenvalue weighted by Crippen LogP contribution is -2.73. The van der Waals surface area contributed by atoms with Crippen molar-refractivity contribution in [3.8, 4) is 5.75 Å². The Labute approximate surface area is 223 Å². The zero-order chi connectivity index (χ0) is 28.5. The van der Waals surface area contributed by atoms with Crippen LogP contribution < -0.4 is 11.1 Å². The van der Waals surface area contributed by atoms with Crippen LogP contribution >= 0.6 is 0 Å². The molecule has 4 unspecified atom stereocenters. The number of alkyl carbamates (subject to hydrolysis) is 1. The zero-order valence-electron chi connectivity index (χ0n) is 22.2. The van der Waals surface area contributed by atoms with E-state index in [2.05, 4.69) is 5.32 Å². The number of rotatable bonds is 11. The number of ether oxygens (including phenoxy) is 1. The number of carbonyl (C=O) groups is 2. The van der Waals surface area contributed by atoms with Gasteiger partial charge in [0.2, 0.25) is 0 Å². The molecule has 0 aromatic heterocycles. The van der Waals surface area contributed by atoms with E-state index in [0.717, 1.165) is 5.56 Å². The average Bonchev–Trinajstić information content (AvgIpc) is 2.81. The van der Waals surface area contributed by atoms with Gasteiger partial charge in [-0.25, -0.2) is 9.59 Å². The molecule has 7 N–H and O–H groups in total. The topological polar surface area (TPSA) is 166 Å². The molecule has 2 rings (SSSR count). The number of aliphatic hydroxyl groups excluding tert-OH is 2. The summed E-state index contributed by atoms with van der Waals surface area (Å²) in [6.45, 7) is 6.31. The molecule has 2 amide bonds. The highest BCUT2D eigenvalue weighted by atomic mass is 16.6. The van der Waals surface area contributed by atoms with Crippen molar-refractivity contribution in [2.24, 2.45) is 5.73 Å². The number of phenolic OH excluding ortho intramolecular Hbond substituents is 1. The lowest BCUT2D eigenvalue weighted by molar-refractivity contribution is -0.0713. The summed E-state index contributed by atoms with van der Waals surface area (Å²) in [5.74, 6) is 0.140. The fraction of sp³-hybridized carbons (Fsp3) is 0.429. The standard InChI is InChI=1S/C28H39N3O7/c1-19(32)28(29,18-21-11-6-5-7-12-21)31(26(36)37)24(30-25(35)38-27(2,3)4)23(34)13-9-8-10-20-14-16-22(33)17-15-20/h5-8,10-12,14-17,19,23-24,32-34H,9,13,18,29H2,1-4H3,(H,30,35)(H,36,37). The zero-order valence-corrected chi connectivity index (χ0v) is 22.2. The number of hydrogen-bond acceptors (Lipinski definition) is 7. The summed E-state index contributed by atoms with van der Waals surface area (Å²) in [6.07, 6.45) is -2.93. The third kappa shape index (κ3) is 9.05. The summed E-state index contributed by atoms with van der Waals surface area (Å²) in [6, 6.07) is 15.3. The number of allylic oxidation sites excluding steroid dienone is 1. The maximum Gasteiger partial charge on any atom is 0.410 e. The first kappa shape index (κ1) is 30.6. The molecule has 0 heterocycles. The highest BCUT2D eigenvalue weighted by molar-refractivity contribution is 5.71. The third-order valence-electron chi connectivity index (χ3n) is 5.85. The van der Waals surface area contributed by atoms with E-state index in [9.17, 15) is 30.0 Å². The van der Waals surface area contributed by atoms with Crippen LogP contribution in [-0.4, -0.2) is 67.2 Å². The van der Waals surface area contributed by atoms with Gasteiger partial charge < -0.3 is 30.9 Å². The molecule has 10 nitrogen and oxygen atoms in total. The summed E-state index contributed by atoms with van der Waals surface area (Å²) in [5, 5.41) is 43.9. The monoisotopic (exact) mass is 529 g/mol. The summed E-state index contributed by atoms with van der Waals surface area (Å²) in [5.41, 5.74) is 5.25. The van der Waals surface area contributed by atoms with Crippen LogP contribution in [0.4, 0.5) is 9.59 Å². The van der Waals surface area contributed by atoms with Gasteiger partial charge in [0, 0.05) is 6.42 Å². The number of nitrogens with two attached hydrogens (primary N) is 1. The molecular formula is C28H39N3O7. The molecule has 0 aliphatic rings. The number of carboxylic acid groups (broad SMARTS) is 1. The van der Waals surface area contributed by atoms with E-state index in [4.69, 9.17) is 10.5 Å². The van der Waals surface area contributed by atoms with E-state index in [1.165, 1.54) is 6.92 Å². The third-order valence-corrected chi connectivity index (χ3v) is 5.85. The molecule has 0 aliphatic heterocycles. The van der Waals surface area contributed by atoms with Crippen LogP contribution in [0.5, 0.6) is 5.75 Å². The second kappa shape index (κ2) is 13.3. The van der Waals surface area contributed by atoms with Crippen LogP contribution in [-0.2, 0) is 11.2 Å². The van der Waals surface area contributed by atoms with Crippen molar-refractivity contribution in [1.29, 1.82) is 0 Å². The number of nitrogens with one attached hydrogen (secondary N) is 1. The number of nitrogens with zero attached hydrogens (tertiary/aromatic N) is 1. The molecule has 0 spiro atoms. The van der Waals surface area contributed by atoms with Crippen molar-refractivity contribution in [3.63, 3.8) is 0 Å². The summed E-state index contributed by atoms with van der Waals surface area (Å²) >= 11 is 0. The van der Waals surface area contributed by atoms with Crippen LogP contribution in [0.2, 0.25) is 0 Å². The van der Waals surface area contributed by atoms with Gasteiger partial charge in [-0.2, -0.15) is 0 Å². The second-order valence-electron chi connectivity index (χ2n) is 10.2. The molecule has 0 saturated heterocycles. The van der Waals surface area contributed by atoms with E-state index in [1.54, 1.807) is 87.5 Å². The van der Waals surface area contributed by atoms with E-state index >= 15 is 0 Å². The minimum absolute atomic E-state index is 0.0556. The van der Waals surface area contributed by atoms with Crippen LogP contribution in [0.3, 0.4) is 0 Å². The van der Waals surface area contributed by atoms with Crippen LogP contribution in [0.1, 0.15) is 51.7 Å². The van der Waals surface area contributed by atoms with Gasteiger partial charge in [-0.05, 0) is 63.8 Å². The van der Waals surface area contributed by atoms with Gasteiger partial charge >= 0.3 is 12.2 Å². The smallest absolute Gasteiger partial charge is 0.410 e. The van der Waals surface area contributed by atoms with Gasteiger partial charge in [-0.3, -0.25) is 10.2 Å². The fourth-order valence-corrected chi connectivity index (χ4v) is 3.90. The maximum absolute atomic E-state index is 12.7. The normalized spacial score (nSPS) is 15.8. The average molecular weight is 530 g/mol. The predicted octanol–water partition coefficient (Wildman–Crippen LogP) is 3.66. The molecule has 10 heteroatoms. The molecule has 38 heavy (non-hydrogen) atoms. The lowest BCUT2D eigenvalue weighted by atomic mass is 9.92. The van der Waals surface area contributed by atoms with Gasteiger partial charge in [0.1, 0.15) is 23.2 Å². The second-order valence-corrected chi connectivity index (χ2v) is 10.2. The Morgan fingerprint density at radius 2 is 1.68 bits per heavy atom. The first-order chi connectivity index (χ1) is 17.7. The Hall–Kier alpha value is -3.60. The Bertz CT molecular complexity index is 1070. The molecule has 0 radical (unpaired) electrons. The number of carbonyl (C=O) groups excluding carboxylic acids is 1. The molecule has 2 aromatic rings. The summed E-state index contributed by atoms with van der Waals surface area (Å²) in [7, 11) is 0. The number of amides is 2. The number of phenols is 1. The van der Waals surface area contributed by atoms with Crippen molar-refractivity contribution < 1.29 is 34.8 Å². The van der Waals surface area contributed by atoms with E-state index in [-0.39, 0.29) is 18.6 Å². The SMILES string of the molecule is CC(O)C(N)(Cc1ccccc1)N(C(=O)O)C(NC(=O)OC(C)(C)C)C(O)CCC=Cc1ccc(O)cc1. The molecule has 0 aliphatic carbocycles. The molecule has 0 bridgehead atoms. The molecule has 4 atom stereocenters. The number of hydrogen-bond donors (Lipinski definition) is 6. The number of benzene rings is 2. The van der Waals surface area contributed by atoms with Crippen LogP contribution in [0, 0.1) is 0 Å². The fourth-order valence-electron chi connectivity index (χ4n) is 3.90. The van der Waals surface area contributed by atoms with Gasteiger partial charge in [0.15, 0.2) is 0 Å². The molecular weight excluding hydrogens is 490 g/mol. The molecule has 208 valence electrons. The minimum atomic E-state index is -1.91. The van der Waals surface area contributed by atoms with E-state index in [1.807, 2.05) is 0 Å².